The largest absolute Gasteiger partial charge is 0.444 e. The minimum absolute atomic E-state index is 0.00240. The monoisotopic (exact) mass is 798 g/mol. The summed E-state index contributed by atoms with van der Waals surface area (Å²) in [4.78, 5) is 72.9. The van der Waals surface area contributed by atoms with Gasteiger partial charge in [-0.05, 0) is 82.9 Å². The maximum atomic E-state index is 14.2. The number of Topliss-reactive ketones (excluding diaryl/α,β-unsaturated/α-hetero) is 1. The summed E-state index contributed by atoms with van der Waals surface area (Å²) in [5, 5.41) is 8.80. The summed E-state index contributed by atoms with van der Waals surface area (Å²) in [6.07, 6.45) is 3.21. The number of aromatic nitrogens is 2. The molecule has 1 aliphatic heterocycles. The van der Waals surface area contributed by atoms with E-state index in [4.69, 9.17) is 21.1 Å². The van der Waals surface area contributed by atoms with Gasteiger partial charge in [0.1, 0.15) is 17.2 Å². The summed E-state index contributed by atoms with van der Waals surface area (Å²) in [7, 11) is 0. The van der Waals surface area contributed by atoms with Crippen molar-refractivity contribution in [3.63, 3.8) is 0 Å². The first-order chi connectivity index (χ1) is 27.1. The van der Waals surface area contributed by atoms with Gasteiger partial charge in [-0.1, -0.05) is 72.3 Å². The van der Waals surface area contributed by atoms with E-state index in [1.165, 1.54) is 20.2 Å². The van der Waals surface area contributed by atoms with Gasteiger partial charge in [0.05, 0.1) is 25.6 Å². The van der Waals surface area contributed by atoms with Crippen LogP contribution in [-0.2, 0) is 30.5 Å². The molecule has 13 nitrogen and oxygen atoms in total. The fraction of sp³-hybridized carbons (Fsp3) is 0.395. The average Bonchev–Trinajstić information content (AvgIpc) is 3.62. The number of carbonyl (C=O) groups is 5. The van der Waals surface area contributed by atoms with Crippen molar-refractivity contribution in [2.75, 3.05) is 25.0 Å². The van der Waals surface area contributed by atoms with Crippen molar-refractivity contribution in [2.45, 2.75) is 83.7 Å². The number of hydrogen-bond acceptors (Lipinski definition) is 8. The van der Waals surface area contributed by atoms with Gasteiger partial charge < -0.3 is 34.9 Å². The summed E-state index contributed by atoms with van der Waals surface area (Å²) >= 11 is 6.01. The topological polar surface area (TPSA) is 161 Å². The summed E-state index contributed by atoms with van der Waals surface area (Å²) in [5.41, 5.74) is 0.116. The molecule has 302 valence electrons. The van der Waals surface area contributed by atoms with Crippen molar-refractivity contribution < 1.29 is 33.4 Å². The summed E-state index contributed by atoms with van der Waals surface area (Å²) < 4.78 is 12.9. The van der Waals surface area contributed by atoms with Gasteiger partial charge in [-0.15, -0.1) is 0 Å². The molecule has 3 aromatic carbocycles. The van der Waals surface area contributed by atoms with Crippen LogP contribution in [0.2, 0.25) is 5.02 Å². The molecule has 0 spiro atoms. The number of amides is 4. The van der Waals surface area contributed by atoms with E-state index in [-0.39, 0.29) is 43.1 Å². The smallest absolute Gasteiger partial charge is 0.408 e. The second kappa shape index (κ2) is 19.1. The SMILES string of the molecule is CC(C)(C)OC(=O)NC(C)(C)C(=O)NC(COCc1ccccc1)CC(=O)Nc1cn(C(C(=O)N2CCC(C(=O)c3ccc(Cl)cc3)CC2)c2ccccc2)cn1. The fourth-order valence-electron chi connectivity index (χ4n) is 6.45. The number of ketones is 1. The van der Waals surface area contributed by atoms with Crippen LogP contribution >= 0.6 is 11.6 Å². The lowest BCUT2D eigenvalue weighted by molar-refractivity contribution is -0.135. The molecule has 1 aliphatic rings. The number of rotatable bonds is 15. The molecule has 1 aromatic heterocycles. The number of anilines is 1. The molecule has 1 fully saturated rings. The summed E-state index contributed by atoms with van der Waals surface area (Å²) in [5.74, 6) is -1.11. The molecular weight excluding hydrogens is 748 g/mol. The van der Waals surface area contributed by atoms with Crippen LogP contribution in [0.25, 0.3) is 0 Å². The predicted molar refractivity (Wildman–Crippen MR) is 217 cm³/mol. The lowest BCUT2D eigenvalue weighted by Gasteiger charge is -2.34. The quantitative estimate of drug-likeness (QED) is 0.114. The van der Waals surface area contributed by atoms with E-state index in [0.29, 0.717) is 36.5 Å². The Balaban J connectivity index is 1.25. The highest BCUT2D eigenvalue weighted by Crippen LogP contribution is 2.28. The van der Waals surface area contributed by atoms with Crippen molar-refractivity contribution in [2.24, 2.45) is 5.92 Å². The fourth-order valence-corrected chi connectivity index (χ4v) is 6.57. The van der Waals surface area contributed by atoms with Crippen LogP contribution in [0.15, 0.2) is 97.5 Å². The van der Waals surface area contributed by atoms with Crippen LogP contribution in [0.1, 0.15) is 81.4 Å². The number of ether oxygens (including phenoxy) is 2. The van der Waals surface area contributed by atoms with Gasteiger partial charge in [0, 0.05) is 42.2 Å². The van der Waals surface area contributed by atoms with Crippen LogP contribution in [0.4, 0.5) is 10.6 Å². The Kier molecular flexibility index (Phi) is 14.3. The van der Waals surface area contributed by atoms with Crippen molar-refractivity contribution in [1.82, 2.24) is 25.1 Å². The highest BCUT2D eigenvalue weighted by atomic mass is 35.5. The number of alkyl carbamates (subject to hydrolysis) is 1. The molecule has 14 heteroatoms. The molecule has 0 bridgehead atoms. The van der Waals surface area contributed by atoms with Gasteiger partial charge in [-0.3, -0.25) is 19.2 Å². The number of nitrogens with zero attached hydrogens (tertiary/aromatic N) is 3. The number of piperidine rings is 1. The van der Waals surface area contributed by atoms with Gasteiger partial charge >= 0.3 is 6.09 Å². The van der Waals surface area contributed by atoms with Gasteiger partial charge in [0.15, 0.2) is 11.6 Å². The van der Waals surface area contributed by atoms with Crippen LogP contribution in [0, 0.1) is 5.92 Å². The molecule has 0 radical (unpaired) electrons. The van der Waals surface area contributed by atoms with Crippen molar-refractivity contribution in [1.29, 1.82) is 0 Å². The van der Waals surface area contributed by atoms with E-state index in [9.17, 15) is 24.0 Å². The van der Waals surface area contributed by atoms with E-state index in [2.05, 4.69) is 20.9 Å². The number of nitrogens with one attached hydrogen (secondary N) is 3. The van der Waals surface area contributed by atoms with Crippen molar-refractivity contribution >= 4 is 47.0 Å². The highest BCUT2D eigenvalue weighted by Gasteiger charge is 2.35. The Morgan fingerprint density at radius 3 is 2.14 bits per heavy atom. The first-order valence-corrected chi connectivity index (χ1v) is 19.4. The molecule has 5 rings (SSSR count). The molecule has 57 heavy (non-hydrogen) atoms. The molecular formula is C43H51ClN6O7. The Morgan fingerprint density at radius 2 is 1.51 bits per heavy atom. The van der Waals surface area contributed by atoms with E-state index in [1.54, 1.807) is 60.7 Å². The Bertz CT molecular complexity index is 1990. The van der Waals surface area contributed by atoms with Crippen LogP contribution in [0.3, 0.4) is 0 Å². The number of hydrogen-bond donors (Lipinski definition) is 3. The predicted octanol–water partition coefficient (Wildman–Crippen LogP) is 6.58. The molecule has 0 saturated carbocycles. The Hall–Kier alpha value is -5.53. The number of imidazole rings is 1. The highest BCUT2D eigenvalue weighted by molar-refractivity contribution is 6.30. The third-order valence-electron chi connectivity index (χ3n) is 9.40. The van der Waals surface area contributed by atoms with Gasteiger partial charge in [0.25, 0.3) is 0 Å². The lowest BCUT2D eigenvalue weighted by Crippen LogP contribution is -2.58. The number of carbonyl (C=O) groups excluding carboxylic acids is 5. The van der Waals surface area contributed by atoms with Gasteiger partial charge in [-0.2, -0.15) is 0 Å². The number of likely N-dealkylation sites (tertiary alicyclic amines) is 1. The third kappa shape index (κ3) is 12.5. The zero-order valence-electron chi connectivity index (χ0n) is 33.0. The zero-order chi connectivity index (χ0) is 41.2. The molecule has 0 aliphatic carbocycles. The molecule has 2 heterocycles. The van der Waals surface area contributed by atoms with Crippen molar-refractivity contribution in [3.8, 4) is 0 Å². The molecule has 1 saturated heterocycles. The van der Waals surface area contributed by atoms with Crippen molar-refractivity contribution in [3.05, 3.63) is 119 Å². The first kappa shape index (κ1) is 42.6. The molecule has 2 atom stereocenters. The van der Waals surface area contributed by atoms with E-state index < -0.39 is 41.1 Å². The van der Waals surface area contributed by atoms with Gasteiger partial charge in [0.2, 0.25) is 17.7 Å². The van der Waals surface area contributed by atoms with Crippen LogP contribution < -0.4 is 16.0 Å². The Labute approximate surface area is 338 Å². The second-order valence-corrected chi connectivity index (χ2v) is 16.1. The lowest BCUT2D eigenvalue weighted by atomic mass is 9.88. The van der Waals surface area contributed by atoms with E-state index >= 15 is 0 Å². The van der Waals surface area contributed by atoms with E-state index in [1.807, 2.05) is 60.7 Å². The van der Waals surface area contributed by atoms with Gasteiger partial charge in [-0.25, -0.2) is 9.78 Å². The minimum atomic E-state index is -1.38. The standard InChI is InChI=1S/C43H51ClN6O7/c1-42(2,3)57-41(55)48-43(4,5)40(54)46-34(27-56-26-29-12-8-6-9-13-29)24-36(51)47-35-25-50(28-45-35)37(30-14-10-7-11-15-30)39(53)49-22-20-32(21-23-49)38(52)31-16-18-33(44)19-17-31/h6-19,25,28,32,34,37H,20-24,26-27H2,1-5H3,(H,46,54)(H,47,51)(H,48,55). The Morgan fingerprint density at radius 1 is 0.877 bits per heavy atom. The van der Waals surface area contributed by atoms with E-state index in [0.717, 1.165) is 11.1 Å². The molecule has 2 unspecified atom stereocenters. The first-order valence-electron chi connectivity index (χ1n) is 19.0. The van der Waals surface area contributed by atoms with Crippen LogP contribution in [-0.4, -0.2) is 80.9 Å². The third-order valence-corrected chi connectivity index (χ3v) is 9.65. The molecule has 3 N–H and O–H groups in total. The average molecular weight is 799 g/mol. The summed E-state index contributed by atoms with van der Waals surface area (Å²) in [6, 6.07) is 24.1. The molecule has 4 aromatic rings. The minimum Gasteiger partial charge on any atom is -0.444 e. The normalized spacial score (nSPS) is 14.6. The maximum Gasteiger partial charge on any atom is 0.408 e. The molecule has 4 amide bonds. The second-order valence-electron chi connectivity index (χ2n) is 15.7. The number of halogens is 1. The zero-order valence-corrected chi connectivity index (χ0v) is 33.8. The summed E-state index contributed by atoms with van der Waals surface area (Å²) in [6.45, 7) is 9.31. The maximum absolute atomic E-state index is 14.2. The number of benzene rings is 3. The van der Waals surface area contributed by atoms with Crippen LogP contribution in [0.5, 0.6) is 0 Å².